The van der Waals surface area contributed by atoms with Gasteiger partial charge in [-0.1, -0.05) is 42.5 Å². The van der Waals surface area contributed by atoms with Crippen LogP contribution in [0.5, 0.6) is 0 Å². The summed E-state index contributed by atoms with van der Waals surface area (Å²) >= 11 is 0. The molecule has 0 radical (unpaired) electrons. The summed E-state index contributed by atoms with van der Waals surface area (Å²) in [5, 5.41) is 3.72. The molecule has 0 saturated carbocycles. The summed E-state index contributed by atoms with van der Waals surface area (Å²) in [4.78, 5) is 31.6. The van der Waals surface area contributed by atoms with Gasteiger partial charge in [-0.25, -0.2) is 0 Å². The second kappa shape index (κ2) is 9.92. The summed E-state index contributed by atoms with van der Waals surface area (Å²) in [6.45, 7) is 0.431. The van der Waals surface area contributed by atoms with E-state index in [0.29, 0.717) is 36.2 Å². The minimum atomic E-state index is -0.221. The summed E-state index contributed by atoms with van der Waals surface area (Å²) in [6.07, 6.45) is 4.48. The Balaban J connectivity index is 1.50. The number of fused-ring (bicyclic) bond motifs is 1. The highest BCUT2D eigenvalue weighted by Crippen LogP contribution is 2.22. The normalized spacial score (nSPS) is 11.8. The van der Waals surface area contributed by atoms with Crippen molar-refractivity contribution >= 4 is 22.8 Å². The fourth-order valence-electron chi connectivity index (χ4n) is 3.80. The molecule has 4 aromatic rings. The summed E-state index contributed by atoms with van der Waals surface area (Å²) in [5.74, 6) is -0.296. The largest absolute Gasteiger partial charge is 0.464 e. The van der Waals surface area contributed by atoms with Crippen molar-refractivity contribution in [1.29, 1.82) is 0 Å². The molecular weight excluding hydrogens is 402 g/mol. The number of aromatic nitrogens is 1. The third-order valence-electron chi connectivity index (χ3n) is 5.57. The minimum absolute atomic E-state index is 0.0750. The molecule has 2 aromatic heterocycles. The second-order valence-electron chi connectivity index (χ2n) is 7.66. The van der Waals surface area contributed by atoms with Gasteiger partial charge in [-0.3, -0.25) is 14.6 Å². The number of benzene rings is 2. The van der Waals surface area contributed by atoms with Crippen molar-refractivity contribution in [3.05, 3.63) is 102 Å². The van der Waals surface area contributed by atoms with Gasteiger partial charge in [0.1, 0.15) is 11.3 Å². The maximum atomic E-state index is 13.4. The van der Waals surface area contributed by atoms with Crippen LogP contribution in [0.15, 0.2) is 89.7 Å². The van der Waals surface area contributed by atoms with Gasteiger partial charge in [-0.15, -0.1) is 0 Å². The van der Waals surface area contributed by atoms with E-state index in [1.54, 1.807) is 35.6 Å². The molecule has 1 atom stereocenters. The highest BCUT2D eigenvalue weighted by Gasteiger charge is 2.23. The van der Waals surface area contributed by atoms with Crippen LogP contribution in [-0.2, 0) is 6.42 Å². The Morgan fingerprint density at radius 2 is 1.81 bits per heavy atom. The molecule has 0 spiro atoms. The fourth-order valence-corrected chi connectivity index (χ4v) is 3.80. The summed E-state index contributed by atoms with van der Waals surface area (Å²) in [7, 11) is 1.81. The summed E-state index contributed by atoms with van der Waals surface area (Å²) in [6, 6.07) is 22.5. The van der Waals surface area contributed by atoms with Gasteiger partial charge in [-0.05, 0) is 48.7 Å². The van der Waals surface area contributed by atoms with Gasteiger partial charge in [0, 0.05) is 31.2 Å². The molecule has 162 valence electrons. The lowest BCUT2D eigenvalue weighted by Gasteiger charge is -2.29. The Hall–Kier alpha value is -3.93. The molecule has 2 aromatic carbocycles. The lowest BCUT2D eigenvalue weighted by atomic mass is 10.0. The first-order valence-electron chi connectivity index (χ1n) is 10.6. The predicted molar refractivity (Wildman–Crippen MR) is 123 cm³/mol. The maximum Gasteiger partial charge on any atom is 0.269 e. The standard InChI is InChI=1S/C26H25N3O3/c1-29(26(31)22-10-7-12-24-21(22)14-17-32-24)20(18-19-8-3-2-4-9-19)13-16-28-25(30)23-11-5-6-15-27-23/h2-12,14-15,17,20H,13,16,18H2,1H3,(H,28,30). The van der Waals surface area contributed by atoms with E-state index in [2.05, 4.69) is 22.4 Å². The van der Waals surface area contributed by atoms with Gasteiger partial charge >= 0.3 is 0 Å². The molecule has 0 aliphatic carbocycles. The van der Waals surface area contributed by atoms with Gasteiger partial charge in [0.15, 0.2) is 0 Å². The molecule has 1 unspecified atom stereocenters. The molecule has 2 heterocycles. The summed E-state index contributed by atoms with van der Waals surface area (Å²) < 4.78 is 5.45. The van der Waals surface area contributed by atoms with Crippen LogP contribution < -0.4 is 5.32 Å². The molecule has 6 heteroatoms. The highest BCUT2D eigenvalue weighted by atomic mass is 16.3. The predicted octanol–water partition coefficient (Wildman–Crippen LogP) is 4.33. The van der Waals surface area contributed by atoms with Crippen molar-refractivity contribution < 1.29 is 14.0 Å². The fraction of sp³-hybridized carbons (Fsp3) is 0.192. The zero-order valence-electron chi connectivity index (χ0n) is 17.9. The topological polar surface area (TPSA) is 75.4 Å². The minimum Gasteiger partial charge on any atom is -0.464 e. The van der Waals surface area contributed by atoms with Crippen LogP contribution in [0, 0.1) is 0 Å². The number of furan rings is 1. The lowest BCUT2D eigenvalue weighted by molar-refractivity contribution is 0.0724. The zero-order chi connectivity index (χ0) is 22.3. The third-order valence-corrected chi connectivity index (χ3v) is 5.57. The van der Waals surface area contributed by atoms with Crippen molar-refractivity contribution in [2.75, 3.05) is 13.6 Å². The number of nitrogens with zero attached hydrogens (tertiary/aromatic N) is 2. The van der Waals surface area contributed by atoms with Crippen molar-refractivity contribution in [3.63, 3.8) is 0 Å². The molecule has 1 N–H and O–H groups in total. The first-order chi connectivity index (χ1) is 15.6. The lowest BCUT2D eigenvalue weighted by Crippen LogP contribution is -2.41. The number of pyridine rings is 1. The highest BCUT2D eigenvalue weighted by molar-refractivity contribution is 6.05. The quantitative estimate of drug-likeness (QED) is 0.454. The molecule has 0 fully saturated rings. The average Bonchev–Trinajstić information content (AvgIpc) is 3.33. The number of carbonyl (C=O) groups excluding carboxylic acids is 2. The number of amides is 2. The Kier molecular flexibility index (Phi) is 6.60. The SMILES string of the molecule is CN(C(=O)c1cccc2occc12)C(CCNC(=O)c1ccccn1)Cc1ccccc1. The zero-order valence-corrected chi connectivity index (χ0v) is 17.9. The second-order valence-corrected chi connectivity index (χ2v) is 7.66. The van der Waals surface area contributed by atoms with Gasteiger partial charge in [0.2, 0.25) is 0 Å². The van der Waals surface area contributed by atoms with E-state index in [9.17, 15) is 9.59 Å². The van der Waals surface area contributed by atoms with Crippen LogP contribution >= 0.6 is 0 Å². The molecule has 0 bridgehead atoms. The average molecular weight is 428 g/mol. The first kappa shape index (κ1) is 21.3. The molecule has 0 aliphatic rings. The van der Waals surface area contributed by atoms with Crippen molar-refractivity contribution in [2.45, 2.75) is 18.9 Å². The van der Waals surface area contributed by atoms with Crippen LogP contribution in [0.3, 0.4) is 0 Å². The number of likely N-dealkylation sites (N-methyl/N-ethyl adjacent to an activating group) is 1. The third kappa shape index (κ3) is 4.86. The first-order valence-corrected chi connectivity index (χ1v) is 10.6. The van der Waals surface area contributed by atoms with Crippen LogP contribution in [0.2, 0.25) is 0 Å². The van der Waals surface area contributed by atoms with Gasteiger partial charge in [0.25, 0.3) is 11.8 Å². The Morgan fingerprint density at radius 3 is 2.59 bits per heavy atom. The van der Waals surface area contributed by atoms with Gasteiger partial charge < -0.3 is 14.6 Å². The molecular formula is C26H25N3O3. The van der Waals surface area contributed by atoms with Crippen molar-refractivity contribution in [1.82, 2.24) is 15.2 Å². The van der Waals surface area contributed by atoms with E-state index in [0.717, 1.165) is 10.9 Å². The van der Waals surface area contributed by atoms with Crippen molar-refractivity contribution in [3.8, 4) is 0 Å². The monoisotopic (exact) mass is 427 g/mol. The van der Waals surface area contributed by atoms with E-state index in [-0.39, 0.29) is 17.9 Å². The van der Waals surface area contributed by atoms with Crippen LogP contribution in [0.1, 0.15) is 32.8 Å². The molecule has 4 rings (SSSR count). The smallest absolute Gasteiger partial charge is 0.269 e. The maximum absolute atomic E-state index is 13.4. The Morgan fingerprint density at radius 1 is 1.00 bits per heavy atom. The number of hydrogen-bond acceptors (Lipinski definition) is 4. The molecule has 6 nitrogen and oxygen atoms in total. The van der Waals surface area contributed by atoms with Crippen molar-refractivity contribution in [2.24, 2.45) is 0 Å². The summed E-state index contributed by atoms with van der Waals surface area (Å²) in [5.41, 5.74) is 2.80. The van der Waals surface area contributed by atoms with Gasteiger partial charge in [-0.2, -0.15) is 0 Å². The molecule has 0 aliphatic heterocycles. The number of rotatable bonds is 8. The van der Waals surface area contributed by atoms with Crippen LogP contribution in [-0.4, -0.2) is 41.3 Å². The van der Waals surface area contributed by atoms with E-state index >= 15 is 0 Å². The molecule has 0 saturated heterocycles. The van der Waals surface area contributed by atoms with Gasteiger partial charge in [0.05, 0.1) is 11.8 Å². The Bertz CT molecular complexity index is 1190. The van der Waals surface area contributed by atoms with E-state index < -0.39 is 0 Å². The molecule has 2 amide bonds. The van der Waals surface area contributed by atoms with E-state index in [1.807, 2.05) is 49.5 Å². The Labute approximate surface area is 186 Å². The number of hydrogen-bond donors (Lipinski definition) is 1. The van der Waals surface area contributed by atoms with E-state index in [1.165, 1.54) is 0 Å². The van der Waals surface area contributed by atoms with Crippen LogP contribution in [0.25, 0.3) is 11.0 Å². The van der Waals surface area contributed by atoms with E-state index in [4.69, 9.17) is 4.42 Å². The number of carbonyl (C=O) groups is 2. The van der Waals surface area contributed by atoms with Crippen LogP contribution in [0.4, 0.5) is 0 Å². The molecule has 32 heavy (non-hydrogen) atoms. The number of nitrogens with one attached hydrogen (secondary N) is 1.